The molecule has 0 spiro atoms. The van der Waals surface area contributed by atoms with E-state index in [4.69, 9.17) is 0 Å². The minimum Gasteiger partial charge on any atom is -0.396 e. The Morgan fingerprint density at radius 2 is 1.60 bits per heavy atom. The number of hydrogen-bond donors (Lipinski definition) is 4. The van der Waals surface area contributed by atoms with E-state index in [1.54, 1.807) is 0 Å². The molecule has 5 aliphatic rings. The van der Waals surface area contributed by atoms with E-state index < -0.39 is 28.5 Å². The highest BCUT2D eigenvalue weighted by Crippen LogP contribution is 2.75. The summed E-state index contributed by atoms with van der Waals surface area (Å²) in [6.45, 7) is 13.6. The van der Waals surface area contributed by atoms with Crippen LogP contribution in [-0.2, 0) is 16.1 Å². The van der Waals surface area contributed by atoms with Crippen LogP contribution in [0, 0.1) is 50.2 Å². The van der Waals surface area contributed by atoms with Crippen molar-refractivity contribution in [3.8, 4) is 0 Å². The van der Waals surface area contributed by atoms with Crippen molar-refractivity contribution in [3.05, 3.63) is 47.5 Å². The first-order chi connectivity index (χ1) is 20.1. The maximum atomic E-state index is 14.6. The van der Waals surface area contributed by atoms with E-state index >= 15 is 0 Å². The topological polar surface area (TPSA) is 107 Å². The van der Waals surface area contributed by atoms with Gasteiger partial charge in [-0.25, -0.2) is 0 Å². The lowest BCUT2D eigenvalue weighted by atomic mass is 9.33. The number of benzene rings is 1. The van der Waals surface area contributed by atoms with E-state index in [0.717, 1.165) is 50.5 Å². The molecule has 0 aliphatic heterocycles. The molecule has 0 heterocycles. The number of hydrogen-bond acceptors (Lipinski definition) is 5. The van der Waals surface area contributed by atoms with E-state index in [1.807, 2.05) is 43.3 Å². The molecule has 0 bridgehead atoms. The number of nitrogens with one attached hydrogen (secondary N) is 1. The van der Waals surface area contributed by atoms with Crippen molar-refractivity contribution in [2.24, 2.45) is 50.2 Å². The number of fused-ring (bicyclic) bond motifs is 7. The summed E-state index contributed by atoms with van der Waals surface area (Å²) in [6.07, 6.45) is 6.23. The number of aliphatic hydroxyl groups excluding tert-OH is 3. The monoisotopic (exact) mass is 591 g/mol. The summed E-state index contributed by atoms with van der Waals surface area (Å²) < 4.78 is 0. The van der Waals surface area contributed by atoms with Crippen molar-refractivity contribution >= 4 is 11.7 Å². The summed E-state index contributed by atoms with van der Waals surface area (Å²) >= 11 is 0. The molecule has 0 aromatic heterocycles. The van der Waals surface area contributed by atoms with Gasteiger partial charge >= 0.3 is 0 Å². The Balaban J connectivity index is 1.41. The smallest absolute Gasteiger partial charge is 0.227 e. The average Bonchev–Trinajstić information content (AvgIpc) is 2.96. The van der Waals surface area contributed by atoms with Crippen LogP contribution in [0.2, 0.25) is 0 Å². The second kappa shape index (κ2) is 9.99. The molecule has 43 heavy (non-hydrogen) atoms. The second-order valence-corrected chi connectivity index (χ2v) is 16.9. The standard InChI is InChI=1S/C37H53NO5/c1-32(2)14-16-37(31(43)38-21-23-10-8-7-9-11-23)17-15-35(5)24(25(37)19-32)18-26(40)29-33(3)20-27(41)30(42)34(4,22-39)28(33)12-13-36(29,35)6/h7-11,18,25,27-30,39,41-42H,12-17,19-22H2,1-6H3,(H,38,43)/t25?,27-,28?,29?,30+,33+,34+,35-,36-,37+/m1/s1. The fourth-order valence-electron chi connectivity index (χ4n) is 11.6. The molecule has 4 fully saturated rings. The molecule has 236 valence electrons. The predicted molar refractivity (Wildman–Crippen MR) is 167 cm³/mol. The number of amides is 1. The SMILES string of the molecule is CC1(C)CC[C@]2(C(=O)NCc3ccccc3)CC[C@]3(C)C(=CC(=O)C4[C@@]5(C)C[C@@H](O)[C@H](O)[C@@](C)(CO)C5CC[C@]43C)C2C1. The highest BCUT2D eigenvalue weighted by molar-refractivity contribution is 5.96. The summed E-state index contributed by atoms with van der Waals surface area (Å²) in [5.74, 6) is -0.173. The van der Waals surface area contributed by atoms with Crippen molar-refractivity contribution < 1.29 is 24.9 Å². The molecule has 5 aliphatic carbocycles. The van der Waals surface area contributed by atoms with Gasteiger partial charge in [0.15, 0.2) is 5.78 Å². The fourth-order valence-corrected chi connectivity index (χ4v) is 11.6. The molecule has 1 amide bonds. The van der Waals surface area contributed by atoms with Crippen molar-refractivity contribution in [1.29, 1.82) is 0 Å². The minimum atomic E-state index is -1.02. The van der Waals surface area contributed by atoms with Gasteiger partial charge in [0.2, 0.25) is 5.91 Å². The van der Waals surface area contributed by atoms with Gasteiger partial charge in [0.1, 0.15) is 0 Å². The van der Waals surface area contributed by atoms with Gasteiger partial charge in [0, 0.05) is 17.9 Å². The Bertz CT molecular complexity index is 1320. The van der Waals surface area contributed by atoms with Crippen LogP contribution in [0.5, 0.6) is 0 Å². The Morgan fingerprint density at radius 3 is 2.28 bits per heavy atom. The number of carbonyl (C=O) groups excluding carboxylic acids is 2. The summed E-state index contributed by atoms with van der Waals surface area (Å²) in [4.78, 5) is 28.9. The van der Waals surface area contributed by atoms with Gasteiger partial charge in [0.05, 0.1) is 24.2 Å². The van der Waals surface area contributed by atoms with E-state index in [-0.39, 0.29) is 52.3 Å². The van der Waals surface area contributed by atoms with E-state index in [2.05, 4.69) is 39.9 Å². The van der Waals surface area contributed by atoms with E-state index in [1.165, 1.54) is 5.57 Å². The Labute approximate surface area is 257 Å². The maximum Gasteiger partial charge on any atom is 0.227 e. The molecule has 10 atom stereocenters. The Hall–Kier alpha value is -2.02. The average molecular weight is 592 g/mol. The van der Waals surface area contributed by atoms with E-state index in [0.29, 0.717) is 13.0 Å². The molecule has 1 aromatic rings. The van der Waals surface area contributed by atoms with Gasteiger partial charge in [-0.05, 0) is 96.5 Å². The molecule has 4 N–H and O–H groups in total. The van der Waals surface area contributed by atoms with Crippen LogP contribution in [0.4, 0.5) is 0 Å². The summed E-state index contributed by atoms with van der Waals surface area (Å²) in [5.41, 5.74) is -0.242. The third kappa shape index (κ3) is 4.21. The molecular weight excluding hydrogens is 538 g/mol. The summed E-state index contributed by atoms with van der Waals surface area (Å²) in [7, 11) is 0. The largest absolute Gasteiger partial charge is 0.396 e. The second-order valence-electron chi connectivity index (χ2n) is 16.9. The molecule has 6 heteroatoms. The van der Waals surface area contributed by atoms with Crippen LogP contribution in [-0.4, -0.2) is 45.8 Å². The molecular formula is C37H53NO5. The van der Waals surface area contributed by atoms with Crippen LogP contribution in [0.3, 0.4) is 0 Å². The van der Waals surface area contributed by atoms with Gasteiger partial charge in [-0.1, -0.05) is 77.4 Å². The van der Waals surface area contributed by atoms with Gasteiger partial charge in [-0.2, -0.15) is 0 Å². The van der Waals surface area contributed by atoms with E-state index in [9.17, 15) is 24.9 Å². The third-order valence-electron chi connectivity index (χ3n) is 14.2. The van der Waals surface area contributed by atoms with Crippen LogP contribution in [0.25, 0.3) is 0 Å². The lowest BCUT2D eigenvalue weighted by molar-refractivity contribution is -0.238. The number of ketones is 1. The predicted octanol–water partition coefficient (Wildman–Crippen LogP) is 5.59. The lowest BCUT2D eigenvalue weighted by Crippen LogP contribution is -2.70. The molecule has 6 nitrogen and oxygen atoms in total. The van der Waals surface area contributed by atoms with Gasteiger partial charge in [-0.15, -0.1) is 0 Å². The number of rotatable bonds is 4. The van der Waals surface area contributed by atoms with Crippen LogP contribution < -0.4 is 5.32 Å². The van der Waals surface area contributed by atoms with Crippen molar-refractivity contribution in [1.82, 2.24) is 5.32 Å². The van der Waals surface area contributed by atoms with Crippen molar-refractivity contribution in [2.45, 2.75) is 112 Å². The van der Waals surface area contributed by atoms with Gasteiger partial charge in [-0.3, -0.25) is 9.59 Å². The first kappa shape index (κ1) is 31.0. The zero-order valence-corrected chi connectivity index (χ0v) is 27.1. The Morgan fingerprint density at radius 1 is 0.930 bits per heavy atom. The summed E-state index contributed by atoms with van der Waals surface area (Å²) in [6, 6.07) is 10.1. The molecule has 3 unspecified atom stereocenters. The number of aliphatic hydroxyl groups is 3. The lowest BCUT2D eigenvalue weighted by Gasteiger charge is -2.70. The fraction of sp³-hybridized carbons (Fsp3) is 0.730. The quantitative estimate of drug-likeness (QED) is 0.365. The number of allylic oxidation sites excluding steroid dienone is 2. The normalized spacial score (nSPS) is 46.9. The van der Waals surface area contributed by atoms with Crippen molar-refractivity contribution in [3.63, 3.8) is 0 Å². The molecule has 0 radical (unpaired) electrons. The molecule has 0 saturated heterocycles. The Kier molecular flexibility index (Phi) is 7.20. The first-order valence-corrected chi connectivity index (χ1v) is 16.6. The molecule has 1 aromatic carbocycles. The van der Waals surface area contributed by atoms with Gasteiger partial charge in [0.25, 0.3) is 0 Å². The molecule has 4 saturated carbocycles. The van der Waals surface area contributed by atoms with Crippen LogP contribution in [0.1, 0.15) is 98.5 Å². The van der Waals surface area contributed by atoms with Crippen molar-refractivity contribution in [2.75, 3.05) is 6.61 Å². The minimum absolute atomic E-state index is 0.000459. The van der Waals surface area contributed by atoms with Gasteiger partial charge < -0.3 is 20.6 Å². The third-order valence-corrected chi connectivity index (χ3v) is 14.2. The van der Waals surface area contributed by atoms with Crippen LogP contribution in [0.15, 0.2) is 42.0 Å². The maximum absolute atomic E-state index is 14.6. The highest BCUT2D eigenvalue weighted by atomic mass is 16.3. The highest BCUT2D eigenvalue weighted by Gasteiger charge is 2.72. The molecule has 6 rings (SSSR count). The zero-order valence-electron chi connectivity index (χ0n) is 27.1. The zero-order chi connectivity index (χ0) is 31.2. The summed E-state index contributed by atoms with van der Waals surface area (Å²) in [5, 5.41) is 36.0. The van der Waals surface area contributed by atoms with Crippen LogP contribution >= 0.6 is 0 Å². The number of carbonyl (C=O) groups is 2. The first-order valence-electron chi connectivity index (χ1n) is 16.6.